The lowest BCUT2D eigenvalue weighted by atomic mass is 10.1. The van der Waals surface area contributed by atoms with E-state index in [9.17, 15) is 14.4 Å². The summed E-state index contributed by atoms with van der Waals surface area (Å²) in [5, 5.41) is 26.1. The van der Waals surface area contributed by atoms with Crippen LogP contribution in [-0.4, -0.2) is 52.0 Å². The second kappa shape index (κ2) is 4.70. The number of carbonyl (C=O) groups is 3. The van der Waals surface area contributed by atoms with Gasteiger partial charge in [-0.05, 0) is 0 Å². The number of rotatable bonds is 5. The Balaban J connectivity index is 4.26. The van der Waals surface area contributed by atoms with E-state index in [1.54, 1.807) is 0 Å². The molecule has 6 nitrogen and oxygen atoms in total. The molecule has 0 amide bonds. The number of aldehydes is 2. The van der Waals surface area contributed by atoms with Gasteiger partial charge in [-0.1, -0.05) is 0 Å². The average Bonchev–Trinajstić information content (AvgIpc) is 2.12. The molecule has 0 aromatic rings. The Labute approximate surface area is 67.4 Å². The fourth-order valence-electron chi connectivity index (χ4n) is 0.505. The van der Waals surface area contributed by atoms with Crippen LogP contribution in [0.4, 0.5) is 0 Å². The fourth-order valence-corrected chi connectivity index (χ4v) is 0.505. The first-order valence-electron chi connectivity index (χ1n) is 3.03. The van der Waals surface area contributed by atoms with Crippen LogP contribution in [0.1, 0.15) is 0 Å². The van der Waals surface area contributed by atoms with Crippen LogP contribution in [-0.2, 0) is 14.4 Å². The highest BCUT2D eigenvalue weighted by molar-refractivity contribution is 6.27. The van der Waals surface area contributed by atoms with Crippen molar-refractivity contribution in [3.8, 4) is 0 Å². The van der Waals surface area contributed by atoms with E-state index < -0.39 is 24.1 Å². The maximum Gasteiger partial charge on any atom is 0.226 e. The zero-order valence-electron chi connectivity index (χ0n) is 5.95. The van der Waals surface area contributed by atoms with Crippen LogP contribution in [0.25, 0.3) is 0 Å². The van der Waals surface area contributed by atoms with Crippen LogP contribution in [0.2, 0.25) is 0 Å². The van der Waals surface area contributed by atoms with Gasteiger partial charge in [-0.25, -0.2) is 0 Å². The molecule has 3 N–H and O–H groups in total. The third-order valence-corrected chi connectivity index (χ3v) is 1.22. The van der Waals surface area contributed by atoms with Gasteiger partial charge in [0.15, 0.2) is 12.6 Å². The Morgan fingerprint density at radius 3 is 2.00 bits per heavy atom. The minimum Gasteiger partial charge on any atom is -0.387 e. The minimum atomic E-state index is -2.05. The molecule has 0 saturated carbocycles. The molecule has 0 unspecified atom stereocenters. The smallest absolute Gasteiger partial charge is 0.226 e. The van der Waals surface area contributed by atoms with Crippen LogP contribution in [0.5, 0.6) is 0 Å². The van der Waals surface area contributed by atoms with Gasteiger partial charge in [-0.3, -0.25) is 9.59 Å². The lowest BCUT2D eigenvalue weighted by molar-refractivity contribution is -0.145. The van der Waals surface area contributed by atoms with Crippen LogP contribution in [0, 0.1) is 0 Å². The minimum absolute atomic E-state index is 0.0496. The molecule has 3 atom stereocenters. The molecule has 0 bridgehead atoms. The first-order valence-corrected chi connectivity index (χ1v) is 3.03. The highest BCUT2D eigenvalue weighted by atomic mass is 16.4. The molecule has 0 spiro atoms. The largest absolute Gasteiger partial charge is 0.387 e. The van der Waals surface area contributed by atoms with Crippen LogP contribution in [0.3, 0.4) is 0 Å². The molecule has 0 fully saturated rings. The van der Waals surface area contributed by atoms with E-state index in [0.29, 0.717) is 0 Å². The molecule has 0 aliphatic carbocycles. The highest BCUT2D eigenvalue weighted by Crippen LogP contribution is 1.98. The summed E-state index contributed by atoms with van der Waals surface area (Å²) in [6.07, 6.45) is -6.14. The molecule has 0 aromatic carbocycles. The van der Waals surface area contributed by atoms with Gasteiger partial charge in [0.05, 0.1) is 0 Å². The predicted octanol–water partition coefficient (Wildman–Crippen LogP) is -2.96. The van der Waals surface area contributed by atoms with Crippen molar-refractivity contribution in [3.63, 3.8) is 0 Å². The maximum absolute atomic E-state index is 10.4. The van der Waals surface area contributed by atoms with Crippen LogP contribution >= 0.6 is 0 Å². The maximum atomic E-state index is 10.4. The molecule has 0 rings (SSSR count). The van der Waals surface area contributed by atoms with Crippen molar-refractivity contribution in [3.05, 3.63) is 0 Å². The van der Waals surface area contributed by atoms with Gasteiger partial charge in [0.25, 0.3) is 0 Å². The SMILES string of the molecule is O=CC(=O)[C@@H](O)[C@H](O)[C@H](O)C=O. The zero-order chi connectivity index (χ0) is 9.72. The summed E-state index contributed by atoms with van der Waals surface area (Å²) in [5.74, 6) is -1.29. The molecular weight excluding hydrogens is 168 g/mol. The van der Waals surface area contributed by atoms with Crippen molar-refractivity contribution in [2.45, 2.75) is 18.3 Å². The Morgan fingerprint density at radius 1 is 1.17 bits per heavy atom. The summed E-state index contributed by atoms with van der Waals surface area (Å²) < 4.78 is 0. The van der Waals surface area contributed by atoms with Gasteiger partial charge >= 0.3 is 0 Å². The van der Waals surface area contributed by atoms with Crippen molar-refractivity contribution in [2.75, 3.05) is 0 Å². The van der Waals surface area contributed by atoms with Crippen molar-refractivity contribution in [2.24, 2.45) is 0 Å². The predicted molar refractivity (Wildman–Crippen MR) is 35.2 cm³/mol. The number of ketones is 1. The first kappa shape index (κ1) is 10.9. The third-order valence-electron chi connectivity index (χ3n) is 1.22. The zero-order valence-corrected chi connectivity index (χ0v) is 5.95. The number of Topliss-reactive ketones (excluding diaryl/α,β-unsaturated/α-hetero) is 1. The molecule has 68 valence electrons. The van der Waals surface area contributed by atoms with E-state index in [0.717, 1.165) is 0 Å². The molecule has 0 radical (unpaired) electrons. The Kier molecular flexibility index (Phi) is 4.27. The molecular formula is C6H8O6. The van der Waals surface area contributed by atoms with E-state index in [-0.39, 0.29) is 12.6 Å². The monoisotopic (exact) mass is 176 g/mol. The van der Waals surface area contributed by atoms with Crippen LogP contribution < -0.4 is 0 Å². The third kappa shape index (κ3) is 2.50. The summed E-state index contributed by atoms with van der Waals surface area (Å²) in [7, 11) is 0. The molecule has 0 aliphatic heterocycles. The average molecular weight is 176 g/mol. The van der Waals surface area contributed by atoms with Gasteiger partial charge < -0.3 is 20.1 Å². The highest BCUT2D eigenvalue weighted by Gasteiger charge is 2.29. The van der Waals surface area contributed by atoms with Crippen molar-refractivity contribution in [1.29, 1.82) is 0 Å². The van der Waals surface area contributed by atoms with E-state index in [1.807, 2.05) is 0 Å². The normalized spacial score (nSPS) is 17.6. The molecule has 0 heterocycles. The van der Waals surface area contributed by atoms with Crippen molar-refractivity contribution >= 4 is 18.4 Å². The molecule has 12 heavy (non-hydrogen) atoms. The summed E-state index contributed by atoms with van der Waals surface area (Å²) in [5.41, 5.74) is 0. The lowest BCUT2D eigenvalue weighted by Gasteiger charge is -2.15. The van der Waals surface area contributed by atoms with E-state index in [2.05, 4.69) is 0 Å². The Hall–Kier alpha value is -1.11. The molecule has 0 saturated heterocycles. The molecule has 0 aromatic heterocycles. The molecule has 6 heteroatoms. The Morgan fingerprint density at radius 2 is 1.67 bits per heavy atom. The van der Waals surface area contributed by atoms with Gasteiger partial charge in [0.2, 0.25) is 5.78 Å². The van der Waals surface area contributed by atoms with Gasteiger partial charge in [0.1, 0.15) is 18.3 Å². The number of aliphatic hydroxyl groups is 3. The number of aliphatic hydroxyl groups excluding tert-OH is 3. The van der Waals surface area contributed by atoms with Crippen molar-refractivity contribution in [1.82, 2.24) is 0 Å². The lowest BCUT2D eigenvalue weighted by Crippen LogP contribution is -2.43. The first-order chi connectivity index (χ1) is 5.54. The summed E-state index contributed by atoms with van der Waals surface area (Å²) in [6.45, 7) is 0. The number of hydrogen-bond acceptors (Lipinski definition) is 6. The summed E-state index contributed by atoms with van der Waals surface area (Å²) in [4.78, 5) is 30.0. The second-order valence-corrected chi connectivity index (χ2v) is 2.08. The Bertz CT molecular complexity index is 188. The quantitative estimate of drug-likeness (QED) is 0.304. The van der Waals surface area contributed by atoms with E-state index in [4.69, 9.17) is 15.3 Å². The van der Waals surface area contributed by atoms with Crippen LogP contribution in [0.15, 0.2) is 0 Å². The number of hydrogen-bond donors (Lipinski definition) is 3. The standard InChI is InChI=1S/C6H8O6/c7-1-3(9)5(11)6(12)4(10)2-8/h1-3,5-6,9,11-12H/t3-,5-,6-/m1/s1. The van der Waals surface area contributed by atoms with E-state index >= 15 is 0 Å². The second-order valence-electron chi connectivity index (χ2n) is 2.08. The summed E-state index contributed by atoms with van der Waals surface area (Å²) >= 11 is 0. The summed E-state index contributed by atoms with van der Waals surface area (Å²) in [6, 6.07) is 0. The number of carbonyl (C=O) groups excluding carboxylic acids is 3. The van der Waals surface area contributed by atoms with Gasteiger partial charge in [-0.2, -0.15) is 0 Å². The fraction of sp³-hybridized carbons (Fsp3) is 0.500. The van der Waals surface area contributed by atoms with E-state index in [1.165, 1.54) is 0 Å². The van der Waals surface area contributed by atoms with Crippen molar-refractivity contribution < 1.29 is 29.7 Å². The topological polar surface area (TPSA) is 112 Å². The van der Waals surface area contributed by atoms with Gasteiger partial charge in [0, 0.05) is 0 Å². The van der Waals surface area contributed by atoms with Gasteiger partial charge in [-0.15, -0.1) is 0 Å². The molecule has 0 aliphatic rings.